The summed E-state index contributed by atoms with van der Waals surface area (Å²) in [5, 5.41) is 31.7. The van der Waals surface area contributed by atoms with Crippen LogP contribution in [0.1, 0.15) is 0 Å². The smallest absolute Gasteiger partial charge is 0.197 e. The highest BCUT2D eigenvalue weighted by molar-refractivity contribution is 5.86. The topological polar surface area (TPSA) is 112 Å². The predicted molar refractivity (Wildman–Crippen MR) is 101 cm³/mol. The van der Waals surface area contributed by atoms with Gasteiger partial charge < -0.3 is 29.8 Å². The Morgan fingerprint density at radius 2 is 1.93 bits per heavy atom. The lowest BCUT2D eigenvalue weighted by Crippen LogP contribution is -2.32. The van der Waals surface area contributed by atoms with Gasteiger partial charge in [-0.2, -0.15) is 0 Å². The van der Waals surface area contributed by atoms with Crippen molar-refractivity contribution >= 4 is 11.0 Å². The molecule has 1 aromatic heterocycles. The van der Waals surface area contributed by atoms with Crippen molar-refractivity contribution in [2.24, 2.45) is 0 Å². The van der Waals surface area contributed by atoms with Crippen molar-refractivity contribution < 1.29 is 24.5 Å². The summed E-state index contributed by atoms with van der Waals surface area (Å²) in [6.45, 7) is 0.593. The Bertz CT molecular complexity index is 954. The van der Waals surface area contributed by atoms with Crippen molar-refractivity contribution in [3.63, 3.8) is 0 Å². The molecule has 0 amide bonds. The van der Waals surface area contributed by atoms with Gasteiger partial charge in [0.25, 0.3) is 0 Å². The quantitative estimate of drug-likeness (QED) is 0.444. The average Bonchev–Trinajstić information content (AvgIpc) is 2.66. The summed E-state index contributed by atoms with van der Waals surface area (Å²) in [7, 11) is 0. The molecule has 0 saturated heterocycles. The van der Waals surface area contributed by atoms with Crippen LogP contribution in [0, 0.1) is 0 Å². The number of aliphatic hydroxyl groups is 2. The summed E-state index contributed by atoms with van der Waals surface area (Å²) in [6.07, 6.45) is -0.794. The van der Waals surface area contributed by atoms with E-state index in [0.717, 1.165) is 5.56 Å². The Kier molecular flexibility index (Phi) is 6.08. The zero-order valence-electron chi connectivity index (χ0n) is 14.6. The number of aromatic hydroxyl groups is 1. The third-order valence-electron chi connectivity index (χ3n) is 3.95. The first-order valence-corrected chi connectivity index (χ1v) is 8.57. The fourth-order valence-corrected chi connectivity index (χ4v) is 2.67. The van der Waals surface area contributed by atoms with E-state index in [0.29, 0.717) is 12.3 Å². The van der Waals surface area contributed by atoms with Gasteiger partial charge in [0, 0.05) is 36.9 Å². The molecule has 0 bridgehead atoms. The molecule has 0 fully saturated rings. The van der Waals surface area contributed by atoms with Crippen molar-refractivity contribution in [2.45, 2.75) is 6.10 Å². The van der Waals surface area contributed by atoms with Gasteiger partial charge in [-0.3, -0.25) is 4.79 Å². The number of hydrogen-bond acceptors (Lipinski definition) is 7. The molecule has 0 radical (unpaired) electrons. The van der Waals surface area contributed by atoms with Crippen molar-refractivity contribution in [1.82, 2.24) is 5.32 Å². The molecule has 1 heterocycles. The molecular weight excluding hydrogens is 350 g/mol. The second-order valence-electron chi connectivity index (χ2n) is 6.05. The van der Waals surface area contributed by atoms with E-state index in [2.05, 4.69) is 5.32 Å². The number of fused-ring (bicyclic) bond motifs is 1. The van der Waals surface area contributed by atoms with E-state index in [4.69, 9.17) is 14.3 Å². The van der Waals surface area contributed by atoms with Crippen LogP contribution in [0.5, 0.6) is 11.5 Å². The Morgan fingerprint density at radius 1 is 1.15 bits per heavy atom. The van der Waals surface area contributed by atoms with Crippen LogP contribution in [-0.4, -0.2) is 47.7 Å². The lowest BCUT2D eigenvalue weighted by atomic mass is 10.1. The number of phenolic OH excluding ortho intramolecular Hbond substituents is 1. The molecule has 7 heteroatoms. The summed E-state index contributed by atoms with van der Waals surface area (Å²) in [5.41, 5.74) is 0.587. The Hall–Kier alpha value is -2.87. The number of benzene rings is 2. The lowest BCUT2D eigenvalue weighted by molar-refractivity contribution is 0.105. The minimum Gasteiger partial charge on any atom is -0.507 e. The van der Waals surface area contributed by atoms with Crippen LogP contribution < -0.4 is 15.5 Å². The Balaban J connectivity index is 1.85. The van der Waals surface area contributed by atoms with Crippen LogP contribution >= 0.6 is 0 Å². The molecule has 1 atom stereocenters. The highest BCUT2D eigenvalue weighted by Crippen LogP contribution is 2.31. The second kappa shape index (κ2) is 8.68. The van der Waals surface area contributed by atoms with Crippen LogP contribution in [0.4, 0.5) is 0 Å². The zero-order chi connectivity index (χ0) is 19.2. The van der Waals surface area contributed by atoms with Gasteiger partial charge in [-0.05, 0) is 0 Å². The van der Waals surface area contributed by atoms with Gasteiger partial charge >= 0.3 is 0 Å². The molecule has 0 aliphatic rings. The molecule has 0 aliphatic carbocycles. The van der Waals surface area contributed by atoms with Crippen LogP contribution in [0.3, 0.4) is 0 Å². The first-order valence-electron chi connectivity index (χ1n) is 8.57. The van der Waals surface area contributed by atoms with Crippen LogP contribution in [0.15, 0.2) is 57.7 Å². The molecule has 7 nitrogen and oxygen atoms in total. The molecule has 1 unspecified atom stereocenters. The van der Waals surface area contributed by atoms with E-state index < -0.39 is 6.10 Å². The van der Waals surface area contributed by atoms with Crippen LogP contribution in [0.25, 0.3) is 22.3 Å². The number of hydrogen-bond donors (Lipinski definition) is 4. The van der Waals surface area contributed by atoms with Gasteiger partial charge in [0.05, 0.1) is 6.61 Å². The largest absolute Gasteiger partial charge is 0.507 e. The molecule has 0 saturated carbocycles. The molecule has 27 heavy (non-hydrogen) atoms. The van der Waals surface area contributed by atoms with E-state index in [1.54, 1.807) is 0 Å². The fraction of sp³-hybridized carbons (Fsp3) is 0.250. The minimum absolute atomic E-state index is 0.0189. The summed E-state index contributed by atoms with van der Waals surface area (Å²) in [6, 6.07) is 13.3. The summed E-state index contributed by atoms with van der Waals surface area (Å²) in [4.78, 5) is 12.4. The molecule has 2 aromatic carbocycles. The van der Waals surface area contributed by atoms with E-state index in [9.17, 15) is 15.0 Å². The van der Waals surface area contributed by atoms with Crippen molar-refractivity contribution in [2.75, 3.05) is 26.3 Å². The molecule has 0 aliphatic heterocycles. The monoisotopic (exact) mass is 371 g/mol. The highest BCUT2D eigenvalue weighted by Gasteiger charge is 2.13. The first kappa shape index (κ1) is 18.9. The standard InChI is InChI=1S/C20H21NO6/c22-7-6-21-11-14(23)12-26-15-8-16(24)20-17(25)10-18(27-19(20)9-15)13-4-2-1-3-5-13/h1-5,8-10,14,21-24H,6-7,11-12H2. The van der Waals surface area contributed by atoms with Crippen molar-refractivity contribution in [3.8, 4) is 22.8 Å². The van der Waals surface area contributed by atoms with E-state index in [-0.39, 0.29) is 47.7 Å². The van der Waals surface area contributed by atoms with Gasteiger partial charge in [0.1, 0.15) is 40.9 Å². The lowest BCUT2D eigenvalue weighted by Gasteiger charge is -2.13. The van der Waals surface area contributed by atoms with Crippen LogP contribution in [0.2, 0.25) is 0 Å². The number of aliphatic hydroxyl groups excluding tert-OH is 2. The third-order valence-corrected chi connectivity index (χ3v) is 3.95. The maximum atomic E-state index is 12.4. The van der Waals surface area contributed by atoms with Crippen molar-refractivity contribution in [3.05, 3.63) is 58.8 Å². The molecule has 142 valence electrons. The number of ether oxygens (including phenoxy) is 1. The highest BCUT2D eigenvalue weighted by atomic mass is 16.5. The predicted octanol–water partition coefficient (Wildman–Crippen LogP) is 1.49. The molecule has 3 rings (SSSR count). The third kappa shape index (κ3) is 4.65. The Labute approximate surface area is 155 Å². The average molecular weight is 371 g/mol. The maximum Gasteiger partial charge on any atom is 0.197 e. The molecule has 3 aromatic rings. The number of phenols is 1. The minimum atomic E-state index is -0.794. The summed E-state index contributed by atoms with van der Waals surface area (Å²) in [5.74, 6) is 0.413. The first-order chi connectivity index (χ1) is 13.1. The van der Waals surface area contributed by atoms with Gasteiger partial charge in [-0.25, -0.2) is 0 Å². The number of nitrogens with one attached hydrogen (secondary N) is 1. The Morgan fingerprint density at radius 3 is 2.67 bits per heavy atom. The molecule has 4 N–H and O–H groups in total. The fourth-order valence-electron chi connectivity index (χ4n) is 2.67. The van der Waals surface area contributed by atoms with E-state index in [1.807, 2.05) is 30.3 Å². The second-order valence-corrected chi connectivity index (χ2v) is 6.05. The van der Waals surface area contributed by atoms with Gasteiger partial charge in [0.15, 0.2) is 5.43 Å². The van der Waals surface area contributed by atoms with E-state index in [1.165, 1.54) is 18.2 Å². The molecule has 0 spiro atoms. The normalized spacial score (nSPS) is 12.2. The van der Waals surface area contributed by atoms with Gasteiger partial charge in [-0.1, -0.05) is 30.3 Å². The van der Waals surface area contributed by atoms with Crippen LogP contribution in [-0.2, 0) is 0 Å². The number of rotatable bonds is 8. The molecular formula is C20H21NO6. The SMILES string of the molecule is O=c1cc(-c2ccccc2)oc2cc(OCC(O)CNCCO)cc(O)c12. The van der Waals surface area contributed by atoms with E-state index >= 15 is 0 Å². The van der Waals surface area contributed by atoms with Gasteiger partial charge in [-0.15, -0.1) is 0 Å². The zero-order valence-corrected chi connectivity index (χ0v) is 14.6. The summed E-state index contributed by atoms with van der Waals surface area (Å²) < 4.78 is 11.3. The van der Waals surface area contributed by atoms with Gasteiger partial charge in [0.2, 0.25) is 0 Å². The maximum absolute atomic E-state index is 12.4. The van der Waals surface area contributed by atoms with Crippen molar-refractivity contribution in [1.29, 1.82) is 0 Å². The summed E-state index contributed by atoms with van der Waals surface area (Å²) >= 11 is 0.